The van der Waals surface area contributed by atoms with Gasteiger partial charge in [0.25, 0.3) is 5.91 Å². The summed E-state index contributed by atoms with van der Waals surface area (Å²) in [6, 6.07) is 14.1. The molecule has 2 aromatic carbocycles. The number of rotatable bonds is 4. The summed E-state index contributed by atoms with van der Waals surface area (Å²) >= 11 is 0. The van der Waals surface area contributed by atoms with Crippen LogP contribution in [0.2, 0.25) is 0 Å². The van der Waals surface area contributed by atoms with Crippen molar-refractivity contribution in [2.75, 3.05) is 29.9 Å². The van der Waals surface area contributed by atoms with E-state index in [9.17, 15) is 4.79 Å². The second kappa shape index (κ2) is 7.33. The van der Waals surface area contributed by atoms with E-state index in [0.717, 1.165) is 23.3 Å². The van der Waals surface area contributed by atoms with Gasteiger partial charge in [-0.05, 0) is 84.7 Å². The highest BCUT2D eigenvalue weighted by molar-refractivity contribution is 5.93. The number of amides is 1. The van der Waals surface area contributed by atoms with E-state index in [1.54, 1.807) is 0 Å². The zero-order valence-electron chi connectivity index (χ0n) is 17.5. The Hall–Kier alpha value is -2.49. The number of carbonyl (C=O) groups is 1. The molecule has 2 heterocycles. The van der Waals surface area contributed by atoms with Crippen molar-refractivity contribution < 1.29 is 9.53 Å². The standard InChI is InChI=1S/C26H30N2O2/c29-25(16-30-20-8-2-1-3-9-20)27-19-12-23-21-10-4-6-17(21)14-28-15-18-7-5-11-22(18)24(13-19)26(23)28/h1-3,8-9,12-13,17-18,21-22H,4-7,10-11,14-16H2,(H,27,29). The molecule has 0 aromatic heterocycles. The van der Waals surface area contributed by atoms with Gasteiger partial charge in [0.1, 0.15) is 5.75 Å². The Morgan fingerprint density at radius 3 is 2.20 bits per heavy atom. The molecular formula is C26H30N2O2. The molecule has 156 valence electrons. The van der Waals surface area contributed by atoms with Crippen LogP contribution < -0.4 is 15.0 Å². The predicted molar refractivity (Wildman–Crippen MR) is 119 cm³/mol. The highest BCUT2D eigenvalue weighted by atomic mass is 16.5. The lowest BCUT2D eigenvalue weighted by Crippen LogP contribution is -2.43. The molecule has 0 radical (unpaired) electrons. The van der Waals surface area contributed by atoms with Gasteiger partial charge in [0.15, 0.2) is 6.61 Å². The second-order valence-corrected chi connectivity index (χ2v) is 9.65. The van der Waals surface area contributed by atoms with Crippen LogP contribution in [0.1, 0.15) is 61.5 Å². The predicted octanol–water partition coefficient (Wildman–Crippen LogP) is 5.31. The number of fused-ring (bicyclic) bond motifs is 4. The van der Waals surface area contributed by atoms with E-state index in [-0.39, 0.29) is 12.5 Å². The Morgan fingerprint density at radius 1 is 0.933 bits per heavy atom. The molecule has 4 aliphatic rings. The molecule has 2 aromatic rings. The largest absolute Gasteiger partial charge is 0.484 e. The van der Waals surface area contributed by atoms with Crippen LogP contribution in [0, 0.1) is 11.8 Å². The first kappa shape index (κ1) is 18.3. The molecule has 4 nitrogen and oxygen atoms in total. The quantitative estimate of drug-likeness (QED) is 0.754. The van der Waals surface area contributed by atoms with Crippen LogP contribution in [-0.4, -0.2) is 25.6 Å². The van der Waals surface area contributed by atoms with E-state index in [2.05, 4.69) is 22.3 Å². The van der Waals surface area contributed by atoms with E-state index < -0.39 is 0 Å². The zero-order valence-corrected chi connectivity index (χ0v) is 17.5. The van der Waals surface area contributed by atoms with Crippen LogP contribution in [-0.2, 0) is 4.79 Å². The molecule has 4 heteroatoms. The summed E-state index contributed by atoms with van der Waals surface area (Å²) in [4.78, 5) is 15.3. The molecular weight excluding hydrogens is 372 g/mol. The second-order valence-electron chi connectivity index (χ2n) is 9.65. The Morgan fingerprint density at radius 2 is 1.57 bits per heavy atom. The van der Waals surface area contributed by atoms with Crippen LogP contribution in [0.3, 0.4) is 0 Å². The van der Waals surface area contributed by atoms with Crippen molar-refractivity contribution in [3.05, 3.63) is 53.6 Å². The molecule has 4 atom stereocenters. The average Bonchev–Trinajstić information content (AvgIpc) is 3.42. The fraction of sp³-hybridized carbons (Fsp3) is 0.500. The van der Waals surface area contributed by atoms with Crippen molar-refractivity contribution in [2.45, 2.75) is 50.4 Å². The minimum Gasteiger partial charge on any atom is -0.484 e. The number of carbonyl (C=O) groups excluding carboxylic acids is 1. The lowest BCUT2D eigenvalue weighted by Gasteiger charge is -2.46. The molecule has 0 spiro atoms. The van der Waals surface area contributed by atoms with E-state index in [4.69, 9.17) is 4.74 Å². The van der Waals surface area contributed by atoms with E-state index in [1.807, 2.05) is 30.3 Å². The van der Waals surface area contributed by atoms with Crippen LogP contribution in [0.4, 0.5) is 11.4 Å². The summed E-state index contributed by atoms with van der Waals surface area (Å²) in [5, 5.41) is 3.15. The normalized spacial score (nSPS) is 28.5. The Balaban J connectivity index is 1.29. The third-order valence-electron chi connectivity index (χ3n) is 7.91. The Bertz CT molecular complexity index is 912. The molecule has 2 aliphatic carbocycles. The van der Waals surface area contributed by atoms with Crippen LogP contribution in [0.5, 0.6) is 5.75 Å². The molecule has 2 fully saturated rings. The van der Waals surface area contributed by atoms with Crippen LogP contribution in [0.25, 0.3) is 0 Å². The minimum atomic E-state index is -0.0829. The van der Waals surface area contributed by atoms with Gasteiger partial charge >= 0.3 is 0 Å². The van der Waals surface area contributed by atoms with Crippen molar-refractivity contribution in [3.8, 4) is 5.75 Å². The number of nitrogens with one attached hydrogen (secondary N) is 1. The fourth-order valence-electron chi connectivity index (χ4n) is 6.70. The summed E-state index contributed by atoms with van der Waals surface area (Å²) in [6.07, 6.45) is 7.98. The molecule has 4 unspecified atom stereocenters. The van der Waals surface area contributed by atoms with Crippen LogP contribution >= 0.6 is 0 Å². The Labute approximate surface area is 178 Å². The van der Waals surface area contributed by atoms with Gasteiger partial charge in [-0.2, -0.15) is 0 Å². The topological polar surface area (TPSA) is 41.6 Å². The smallest absolute Gasteiger partial charge is 0.262 e. The maximum absolute atomic E-state index is 12.6. The van der Waals surface area contributed by atoms with E-state index in [1.165, 1.54) is 68.4 Å². The number of hydrogen-bond acceptors (Lipinski definition) is 3. The number of ether oxygens (including phenoxy) is 1. The van der Waals surface area contributed by atoms with Crippen molar-refractivity contribution in [3.63, 3.8) is 0 Å². The zero-order chi connectivity index (χ0) is 20.1. The number of anilines is 2. The summed E-state index contributed by atoms with van der Waals surface area (Å²) in [6.45, 7) is 2.52. The third-order valence-corrected chi connectivity index (χ3v) is 7.91. The third kappa shape index (κ3) is 3.08. The number of nitrogens with zero attached hydrogens (tertiary/aromatic N) is 1. The van der Waals surface area contributed by atoms with Crippen molar-refractivity contribution in [1.82, 2.24) is 0 Å². The van der Waals surface area contributed by atoms with Gasteiger partial charge in [0.05, 0.1) is 0 Å². The first-order valence-electron chi connectivity index (χ1n) is 11.7. The average molecular weight is 403 g/mol. The molecule has 2 saturated carbocycles. The highest BCUT2D eigenvalue weighted by Crippen LogP contribution is 2.56. The minimum absolute atomic E-state index is 0.0423. The maximum Gasteiger partial charge on any atom is 0.262 e. The Kier molecular flexibility index (Phi) is 4.47. The van der Waals surface area contributed by atoms with Crippen LogP contribution in [0.15, 0.2) is 42.5 Å². The van der Waals surface area contributed by atoms with E-state index in [0.29, 0.717) is 11.8 Å². The van der Waals surface area contributed by atoms with Gasteiger partial charge < -0.3 is 15.0 Å². The van der Waals surface area contributed by atoms with Crippen molar-refractivity contribution >= 4 is 17.3 Å². The SMILES string of the molecule is O=C(COc1ccccc1)Nc1cc2c3c(c1)C1CCCC1CN3CC1CCCC21. The molecule has 1 amide bonds. The van der Waals surface area contributed by atoms with Crippen molar-refractivity contribution in [2.24, 2.45) is 11.8 Å². The summed E-state index contributed by atoms with van der Waals surface area (Å²) in [5.41, 5.74) is 5.50. The number of benzene rings is 2. The van der Waals surface area contributed by atoms with Gasteiger partial charge in [-0.3, -0.25) is 4.79 Å². The van der Waals surface area contributed by atoms with Gasteiger partial charge in [0, 0.05) is 24.5 Å². The summed E-state index contributed by atoms with van der Waals surface area (Å²) < 4.78 is 5.66. The first-order valence-corrected chi connectivity index (χ1v) is 11.7. The molecule has 2 aliphatic heterocycles. The highest BCUT2D eigenvalue weighted by Gasteiger charge is 2.44. The van der Waals surface area contributed by atoms with Gasteiger partial charge in [-0.1, -0.05) is 31.0 Å². The number of hydrogen-bond donors (Lipinski definition) is 1. The molecule has 1 N–H and O–H groups in total. The molecule has 0 saturated heterocycles. The lowest BCUT2D eigenvalue weighted by molar-refractivity contribution is -0.118. The van der Waals surface area contributed by atoms with Gasteiger partial charge in [-0.15, -0.1) is 0 Å². The fourth-order valence-corrected chi connectivity index (χ4v) is 6.70. The van der Waals surface area contributed by atoms with E-state index >= 15 is 0 Å². The van der Waals surface area contributed by atoms with Gasteiger partial charge in [-0.25, -0.2) is 0 Å². The summed E-state index contributed by atoms with van der Waals surface area (Å²) in [7, 11) is 0. The molecule has 30 heavy (non-hydrogen) atoms. The number of para-hydroxylation sites is 1. The monoisotopic (exact) mass is 402 g/mol. The van der Waals surface area contributed by atoms with Crippen molar-refractivity contribution in [1.29, 1.82) is 0 Å². The molecule has 6 rings (SSSR count). The first-order chi connectivity index (χ1) is 14.8. The lowest BCUT2D eigenvalue weighted by atomic mass is 9.75. The molecule has 0 bridgehead atoms. The summed E-state index contributed by atoms with van der Waals surface area (Å²) in [5.74, 6) is 3.56. The van der Waals surface area contributed by atoms with Gasteiger partial charge in [0.2, 0.25) is 0 Å². The maximum atomic E-state index is 12.6.